The summed E-state index contributed by atoms with van der Waals surface area (Å²) in [6.45, 7) is 0. The van der Waals surface area contributed by atoms with Gasteiger partial charge in [0.05, 0.1) is 11.1 Å². The molecule has 0 aliphatic heterocycles. The molecule has 0 amide bonds. The first-order valence-electron chi connectivity index (χ1n) is 5.60. The van der Waals surface area contributed by atoms with Crippen LogP contribution in [0.15, 0.2) is 59.0 Å². The zero-order valence-corrected chi connectivity index (χ0v) is 10.6. The average Bonchev–Trinajstić information content (AvgIpc) is 2.48. The molecule has 0 saturated carbocycles. The third kappa shape index (κ3) is 2.26. The lowest BCUT2D eigenvalue weighted by atomic mass is 10.2. The maximum absolute atomic E-state index is 9.09. The van der Waals surface area contributed by atoms with Crippen LogP contribution in [0.2, 0.25) is 0 Å². The summed E-state index contributed by atoms with van der Waals surface area (Å²) in [5.41, 5.74) is 1.49. The van der Waals surface area contributed by atoms with Crippen LogP contribution in [0.25, 0.3) is 10.9 Å². The number of aromatic nitrogens is 3. The van der Waals surface area contributed by atoms with Crippen LogP contribution in [0.4, 0.5) is 0 Å². The van der Waals surface area contributed by atoms with Gasteiger partial charge in [-0.2, -0.15) is 5.26 Å². The first-order chi connectivity index (χ1) is 9.38. The zero-order chi connectivity index (χ0) is 13.1. The van der Waals surface area contributed by atoms with Gasteiger partial charge in [-0.15, -0.1) is 0 Å². The van der Waals surface area contributed by atoms with Gasteiger partial charge in [-0.05, 0) is 12.1 Å². The summed E-state index contributed by atoms with van der Waals surface area (Å²) in [6, 6.07) is 11.7. The number of para-hydroxylation sites is 1. The van der Waals surface area contributed by atoms with E-state index in [1.807, 2.05) is 24.3 Å². The highest BCUT2D eigenvalue weighted by atomic mass is 32.2. The molecular weight excluding hydrogens is 256 g/mol. The van der Waals surface area contributed by atoms with E-state index in [1.165, 1.54) is 18.1 Å². The molecule has 0 bridgehead atoms. The van der Waals surface area contributed by atoms with Gasteiger partial charge in [-0.1, -0.05) is 30.0 Å². The highest BCUT2D eigenvalue weighted by molar-refractivity contribution is 7.99. The second kappa shape index (κ2) is 5.04. The standard InChI is InChI=1S/C14H8N4S/c15-7-10-5-6-16-8-13(10)19-14-11-3-1-2-4-12(11)17-9-18-14/h1-6,8-9H. The average molecular weight is 264 g/mol. The third-order valence-corrected chi connectivity index (χ3v) is 3.68. The molecule has 0 N–H and O–H groups in total. The number of hydrogen-bond acceptors (Lipinski definition) is 5. The number of pyridine rings is 1. The molecular formula is C14H8N4S. The number of rotatable bonds is 2. The highest BCUT2D eigenvalue weighted by Gasteiger charge is 2.08. The van der Waals surface area contributed by atoms with Crippen LogP contribution in [0, 0.1) is 11.3 Å². The maximum Gasteiger partial charge on any atom is 0.117 e. The monoisotopic (exact) mass is 264 g/mol. The van der Waals surface area contributed by atoms with Crippen LogP contribution in [0.1, 0.15) is 5.56 Å². The molecule has 4 nitrogen and oxygen atoms in total. The molecule has 0 fully saturated rings. The lowest BCUT2D eigenvalue weighted by Crippen LogP contribution is -1.88. The Morgan fingerprint density at radius 3 is 2.89 bits per heavy atom. The van der Waals surface area contributed by atoms with Gasteiger partial charge < -0.3 is 0 Å². The van der Waals surface area contributed by atoms with Crippen molar-refractivity contribution < 1.29 is 0 Å². The van der Waals surface area contributed by atoms with E-state index in [2.05, 4.69) is 21.0 Å². The van der Waals surface area contributed by atoms with Crippen molar-refractivity contribution in [3.05, 3.63) is 54.6 Å². The Morgan fingerprint density at radius 2 is 2.00 bits per heavy atom. The van der Waals surface area contributed by atoms with Gasteiger partial charge in [0.1, 0.15) is 17.4 Å². The molecule has 2 aromatic heterocycles. The summed E-state index contributed by atoms with van der Waals surface area (Å²) >= 11 is 1.43. The maximum atomic E-state index is 9.09. The molecule has 19 heavy (non-hydrogen) atoms. The van der Waals surface area contributed by atoms with E-state index in [0.717, 1.165) is 20.8 Å². The lowest BCUT2D eigenvalue weighted by molar-refractivity contribution is 1.10. The van der Waals surface area contributed by atoms with E-state index >= 15 is 0 Å². The highest BCUT2D eigenvalue weighted by Crippen LogP contribution is 2.32. The fourth-order valence-electron chi connectivity index (χ4n) is 1.72. The van der Waals surface area contributed by atoms with Crippen molar-refractivity contribution in [3.63, 3.8) is 0 Å². The Hall–Kier alpha value is -2.45. The minimum absolute atomic E-state index is 0.600. The lowest BCUT2D eigenvalue weighted by Gasteiger charge is -2.05. The Bertz CT molecular complexity index is 774. The zero-order valence-electron chi connectivity index (χ0n) is 9.82. The first-order valence-corrected chi connectivity index (χ1v) is 6.42. The van der Waals surface area contributed by atoms with Gasteiger partial charge in [-0.3, -0.25) is 4.98 Å². The van der Waals surface area contributed by atoms with Crippen LogP contribution >= 0.6 is 11.8 Å². The number of nitrogens with zero attached hydrogens (tertiary/aromatic N) is 4. The van der Waals surface area contributed by atoms with E-state index in [-0.39, 0.29) is 0 Å². The van der Waals surface area contributed by atoms with Crippen molar-refractivity contribution in [2.75, 3.05) is 0 Å². The number of benzene rings is 1. The molecule has 0 unspecified atom stereocenters. The molecule has 0 saturated heterocycles. The van der Waals surface area contributed by atoms with E-state index in [1.54, 1.807) is 18.5 Å². The molecule has 0 radical (unpaired) electrons. The number of fused-ring (bicyclic) bond motifs is 1. The molecule has 0 aliphatic rings. The summed E-state index contributed by atoms with van der Waals surface area (Å²) in [4.78, 5) is 13.4. The Labute approximate surface area is 114 Å². The van der Waals surface area contributed by atoms with Crippen molar-refractivity contribution in [2.24, 2.45) is 0 Å². The molecule has 3 aromatic rings. The Kier molecular flexibility index (Phi) is 3.09. The summed E-state index contributed by atoms with van der Waals surface area (Å²) in [6.07, 6.45) is 4.83. The van der Waals surface area contributed by atoms with Gasteiger partial charge in [0, 0.05) is 22.7 Å². The summed E-state index contributed by atoms with van der Waals surface area (Å²) < 4.78 is 0. The fourth-order valence-corrected chi connectivity index (χ4v) is 2.65. The van der Waals surface area contributed by atoms with Gasteiger partial charge in [0.2, 0.25) is 0 Å². The van der Waals surface area contributed by atoms with Crippen LogP contribution in [0.3, 0.4) is 0 Å². The molecule has 90 valence electrons. The summed E-state index contributed by atoms with van der Waals surface area (Å²) in [5, 5.41) is 10.9. The predicted octanol–water partition coefficient (Wildman–Crippen LogP) is 3.05. The normalized spacial score (nSPS) is 10.3. The van der Waals surface area contributed by atoms with Gasteiger partial charge in [-0.25, -0.2) is 9.97 Å². The predicted molar refractivity (Wildman–Crippen MR) is 72.6 cm³/mol. The minimum atomic E-state index is 0.600. The SMILES string of the molecule is N#Cc1ccncc1Sc1ncnc2ccccc12. The van der Waals surface area contributed by atoms with Crippen molar-refractivity contribution in [2.45, 2.75) is 9.92 Å². The fraction of sp³-hybridized carbons (Fsp3) is 0. The molecule has 5 heteroatoms. The van der Waals surface area contributed by atoms with Gasteiger partial charge >= 0.3 is 0 Å². The molecule has 0 atom stereocenters. The van der Waals surface area contributed by atoms with Crippen LogP contribution in [-0.4, -0.2) is 15.0 Å². The molecule has 0 spiro atoms. The summed E-state index contributed by atoms with van der Waals surface area (Å²) in [5.74, 6) is 0. The largest absolute Gasteiger partial charge is 0.263 e. The van der Waals surface area contributed by atoms with E-state index in [4.69, 9.17) is 5.26 Å². The summed E-state index contributed by atoms with van der Waals surface area (Å²) in [7, 11) is 0. The second-order valence-electron chi connectivity index (χ2n) is 3.78. The minimum Gasteiger partial charge on any atom is -0.263 e. The number of nitriles is 1. The second-order valence-corrected chi connectivity index (χ2v) is 4.81. The van der Waals surface area contributed by atoms with E-state index in [9.17, 15) is 0 Å². The van der Waals surface area contributed by atoms with E-state index < -0.39 is 0 Å². The molecule has 0 aliphatic carbocycles. The van der Waals surface area contributed by atoms with Gasteiger partial charge in [0.15, 0.2) is 0 Å². The van der Waals surface area contributed by atoms with Crippen LogP contribution in [0.5, 0.6) is 0 Å². The van der Waals surface area contributed by atoms with Crippen LogP contribution in [-0.2, 0) is 0 Å². The number of hydrogen-bond donors (Lipinski definition) is 0. The smallest absolute Gasteiger partial charge is 0.117 e. The van der Waals surface area contributed by atoms with Crippen molar-refractivity contribution in [1.29, 1.82) is 5.26 Å². The van der Waals surface area contributed by atoms with E-state index in [0.29, 0.717) is 5.56 Å². The first kappa shape index (κ1) is 11.6. The quantitative estimate of drug-likeness (QED) is 0.666. The Balaban J connectivity index is 2.09. The van der Waals surface area contributed by atoms with Crippen molar-refractivity contribution >= 4 is 22.7 Å². The van der Waals surface area contributed by atoms with Crippen molar-refractivity contribution in [3.8, 4) is 6.07 Å². The van der Waals surface area contributed by atoms with Crippen LogP contribution < -0.4 is 0 Å². The topological polar surface area (TPSA) is 62.5 Å². The third-order valence-electron chi connectivity index (χ3n) is 2.62. The van der Waals surface area contributed by atoms with Crippen molar-refractivity contribution in [1.82, 2.24) is 15.0 Å². The molecule has 3 rings (SSSR count). The Morgan fingerprint density at radius 1 is 1.11 bits per heavy atom. The molecule has 1 aromatic carbocycles. The van der Waals surface area contributed by atoms with Gasteiger partial charge in [0.25, 0.3) is 0 Å². The molecule has 2 heterocycles.